The predicted molar refractivity (Wildman–Crippen MR) is 89.6 cm³/mol. The fourth-order valence-electron chi connectivity index (χ4n) is 3.10. The summed E-state index contributed by atoms with van der Waals surface area (Å²) in [5.41, 5.74) is 3.01. The van der Waals surface area contributed by atoms with Gasteiger partial charge < -0.3 is 10.3 Å². The first kappa shape index (κ1) is 15.0. The Morgan fingerprint density at radius 2 is 2.18 bits per heavy atom. The van der Waals surface area contributed by atoms with Gasteiger partial charge in [0.25, 0.3) is 0 Å². The third-order valence-corrected chi connectivity index (χ3v) is 4.24. The van der Waals surface area contributed by atoms with E-state index in [0.29, 0.717) is 6.04 Å². The second-order valence-electron chi connectivity index (χ2n) is 6.54. The number of aromatic amines is 1. The van der Waals surface area contributed by atoms with Gasteiger partial charge in [-0.05, 0) is 63.8 Å². The lowest BCUT2D eigenvalue weighted by Crippen LogP contribution is -2.51. The zero-order chi connectivity index (χ0) is 15.7. The molecule has 0 atom stereocenters. The van der Waals surface area contributed by atoms with E-state index in [1.807, 2.05) is 24.3 Å². The molecule has 1 fully saturated rings. The van der Waals surface area contributed by atoms with Gasteiger partial charge in [0, 0.05) is 6.04 Å². The number of hydrogen-bond donors (Lipinski definition) is 2. The Hall–Kier alpha value is -1.94. The van der Waals surface area contributed by atoms with Gasteiger partial charge in [0.05, 0.1) is 16.6 Å². The summed E-state index contributed by atoms with van der Waals surface area (Å²) in [4.78, 5) is 19.3. The van der Waals surface area contributed by atoms with Crippen LogP contribution in [0.15, 0.2) is 24.3 Å². The second kappa shape index (κ2) is 5.69. The van der Waals surface area contributed by atoms with Crippen LogP contribution in [0, 0.1) is 0 Å². The number of allylic oxidation sites excluding steroid dienone is 1. The van der Waals surface area contributed by atoms with Crippen LogP contribution in [-0.2, 0) is 10.3 Å². The van der Waals surface area contributed by atoms with Crippen molar-refractivity contribution >= 4 is 22.9 Å². The molecule has 22 heavy (non-hydrogen) atoms. The number of carbonyl (C=O) groups is 1. The Morgan fingerprint density at radius 1 is 1.41 bits per heavy atom. The Kier molecular flexibility index (Phi) is 3.87. The number of nitrogens with one attached hydrogen (secondary N) is 2. The van der Waals surface area contributed by atoms with Crippen molar-refractivity contribution < 1.29 is 4.79 Å². The average Bonchev–Trinajstić information content (AvgIpc) is 2.83. The monoisotopic (exact) mass is 297 g/mol. The van der Waals surface area contributed by atoms with Crippen molar-refractivity contribution in [1.82, 2.24) is 15.3 Å². The molecule has 1 aliphatic rings. The van der Waals surface area contributed by atoms with E-state index >= 15 is 0 Å². The zero-order valence-corrected chi connectivity index (χ0v) is 13.4. The highest BCUT2D eigenvalue weighted by Crippen LogP contribution is 2.40. The van der Waals surface area contributed by atoms with E-state index in [-0.39, 0.29) is 11.3 Å². The maximum atomic E-state index is 11.0. The molecule has 0 unspecified atom stereocenters. The predicted octanol–water partition coefficient (Wildman–Crippen LogP) is 3.54. The fourth-order valence-corrected chi connectivity index (χ4v) is 3.10. The maximum absolute atomic E-state index is 11.0. The van der Waals surface area contributed by atoms with Gasteiger partial charge in [-0.2, -0.15) is 0 Å². The van der Waals surface area contributed by atoms with Gasteiger partial charge in [-0.1, -0.05) is 12.1 Å². The highest BCUT2D eigenvalue weighted by Gasteiger charge is 2.41. The van der Waals surface area contributed by atoms with Gasteiger partial charge in [0.15, 0.2) is 5.78 Å². The molecule has 2 N–H and O–H groups in total. The number of benzene rings is 1. The van der Waals surface area contributed by atoms with Crippen LogP contribution in [0.5, 0.6) is 0 Å². The van der Waals surface area contributed by atoms with Gasteiger partial charge in [-0.3, -0.25) is 4.79 Å². The van der Waals surface area contributed by atoms with E-state index in [0.717, 1.165) is 35.3 Å². The van der Waals surface area contributed by atoms with Crippen LogP contribution in [0.4, 0.5) is 0 Å². The molecule has 0 saturated heterocycles. The van der Waals surface area contributed by atoms with Gasteiger partial charge in [-0.15, -0.1) is 0 Å². The number of aromatic nitrogens is 2. The van der Waals surface area contributed by atoms with Gasteiger partial charge in [-0.25, -0.2) is 4.98 Å². The smallest absolute Gasteiger partial charge is 0.152 e. The normalized spacial score (nSPS) is 17.3. The molecule has 4 nitrogen and oxygen atoms in total. The van der Waals surface area contributed by atoms with E-state index in [1.54, 1.807) is 13.0 Å². The first-order valence-corrected chi connectivity index (χ1v) is 7.95. The van der Waals surface area contributed by atoms with Crippen LogP contribution in [0.1, 0.15) is 51.4 Å². The van der Waals surface area contributed by atoms with Crippen molar-refractivity contribution in [2.75, 3.05) is 0 Å². The number of imidazole rings is 1. The molecule has 1 aromatic carbocycles. The van der Waals surface area contributed by atoms with Gasteiger partial charge >= 0.3 is 0 Å². The van der Waals surface area contributed by atoms with E-state index < -0.39 is 0 Å². The van der Waals surface area contributed by atoms with Crippen molar-refractivity contribution in [3.05, 3.63) is 35.7 Å². The number of ketones is 1. The third kappa shape index (κ3) is 2.83. The Morgan fingerprint density at radius 3 is 2.77 bits per heavy atom. The molecular formula is C18H23N3O. The van der Waals surface area contributed by atoms with E-state index in [4.69, 9.17) is 4.98 Å². The second-order valence-corrected chi connectivity index (χ2v) is 6.54. The summed E-state index contributed by atoms with van der Waals surface area (Å²) in [6.07, 6.45) is 6.91. The first-order chi connectivity index (χ1) is 10.5. The van der Waals surface area contributed by atoms with Gasteiger partial charge in [0.2, 0.25) is 0 Å². The lowest BCUT2D eigenvalue weighted by Gasteiger charge is -2.42. The Labute approximate surface area is 131 Å². The summed E-state index contributed by atoms with van der Waals surface area (Å²) >= 11 is 0. The Balaban J connectivity index is 1.94. The number of nitrogens with zero attached hydrogens (tertiary/aromatic N) is 1. The average molecular weight is 297 g/mol. The molecule has 1 heterocycles. The summed E-state index contributed by atoms with van der Waals surface area (Å²) in [5.74, 6) is 1.09. The molecule has 0 amide bonds. The van der Waals surface area contributed by atoms with Crippen molar-refractivity contribution in [3.63, 3.8) is 0 Å². The molecular weight excluding hydrogens is 274 g/mol. The summed E-state index contributed by atoms with van der Waals surface area (Å²) < 4.78 is 0. The summed E-state index contributed by atoms with van der Waals surface area (Å²) in [6, 6.07) is 6.50. The highest BCUT2D eigenvalue weighted by atomic mass is 16.1. The molecule has 4 heteroatoms. The van der Waals surface area contributed by atoms with Crippen molar-refractivity contribution in [1.29, 1.82) is 0 Å². The van der Waals surface area contributed by atoms with Crippen LogP contribution in [0.25, 0.3) is 17.1 Å². The van der Waals surface area contributed by atoms with Crippen LogP contribution >= 0.6 is 0 Å². The van der Waals surface area contributed by atoms with Gasteiger partial charge in [0.1, 0.15) is 5.82 Å². The summed E-state index contributed by atoms with van der Waals surface area (Å²) in [6.45, 7) is 5.90. The third-order valence-electron chi connectivity index (χ3n) is 4.24. The molecule has 1 aliphatic carbocycles. The molecule has 116 valence electrons. The van der Waals surface area contributed by atoms with Crippen molar-refractivity contribution in [2.24, 2.45) is 0 Å². The standard InChI is InChI=1S/C18H23N3O/c1-12(2)21-18(9-4-10-18)17-19-15-8-7-14(6-5-13(3)22)11-16(15)20-17/h5-8,11-12,21H,4,9-10H2,1-3H3,(H,19,20)/b6-5+. The van der Waals surface area contributed by atoms with E-state index in [2.05, 4.69) is 24.1 Å². The molecule has 0 spiro atoms. The molecule has 3 rings (SSSR count). The van der Waals surface area contributed by atoms with Crippen molar-refractivity contribution in [2.45, 2.75) is 51.6 Å². The highest BCUT2D eigenvalue weighted by molar-refractivity contribution is 5.92. The minimum Gasteiger partial charge on any atom is -0.340 e. The topological polar surface area (TPSA) is 57.8 Å². The van der Waals surface area contributed by atoms with E-state index in [1.165, 1.54) is 6.42 Å². The summed E-state index contributed by atoms with van der Waals surface area (Å²) in [5, 5.41) is 3.67. The molecule has 2 aromatic rings. The van der Waals surface area contributed by atoms with E-state index in [9.17, 15) is 4.79 Å². The number of hydrogen-bond acceptors (Lipinski definition) is 3. The molecule has 0 bridgehead atoms. The number of carbonyl (C=O) groups excluding carboxylic acids is 1. The quantitative estimate of drug-likeness (QED) is 0.830. The fraction of sp³-hybridized carbons (Fsp3) is 0.444. The van der Waals surface area contributed by atoms with Crippen LogP contribution < -0.4 is 5.32 Å². The zero-order valence-electron chi connectivity index (χ0n) is 13.4. The molecule has 1 aromatic heterocycles. The largest absolute Gasteiger partial charge is 0.340 e. The summed E-state index contributed by atoms with van der Waals surface area (Å²) in [7, 11) is 0. The molecule has 0 radical (unpaired) electrons. The number of fused-ring (bicyclic) bond motifs is 1. The number of H-pyrrole nitrogens is 1. The minimum absolute atomic E-state index is 0.00255. The lowest BCUT2D eigenvalue weighted by atomic mass is 9.75. The SMILES string of the molecule is CC(=O)/C=C/c1ccc2[nH]c(C3(NC(C)C)CCC3)nc2c1. The van der Waals surface area contributed by atoms with Crippen LogP contribution in [0.3, 0.4) is 0 Å². The maximum Gasteiger partial charge on any atom is 0.152 e. The Bertz CT molecular complexity index is 723. The first-order valence-electron chi connectivity index (χ1n) is 7.95. The minimum atomic E-state index is 0.00255. The lowest BCUT2D eigenvalue weighted by molar-refractivity contribution is -0.112. The van der Waals surface area contributed by atoms with Crippen LogP contribution in [-0.4, -0.2) is 21.8 Å². The van der Waals surface area contributed by atoms with Crippen molar-refractivity contribution in [3.8, 4) is 0 Å². The molecule has 1 saturated carbocycles. The molecule has 0 aliphatic heterocycles. The number of rotatable bonds is 5. The van der Waals surface area contributed by atoms with Crippen LogP contribution in [0.2, 0.25) is 0 Å².